The van der Waals surface area contributed by atoms with Crippen LogP contribution in [0.2, 0.25) is 0 Å². The first kappa shape index (κ1) is 14.9. The van der Waals surface area contributed by atoms with Gasteiger partial charge < -0.3 is 5.11 Å². The molecule has 0 aliphatic rings. The van der Waals surface area contributed by atoms with E-state index in [0.717, 1.165) is 5.69 Å². The largest absolute Gasteiger partial charge is 0.478 e. The van der Waals surface area contributed by atoms with Crippen molar-refractivity contribution in [2.75, 3.05) is 0 Å². The highest BCUT2D eigenvalue weighted by Crippen LogP contribution is 2.27. The van der Waals surface area contributed by atoms with E-state index < -0.39 is 5.97 Å². The Kier molecular flexibility index (Phi) is 4.72. The van der Waals surface area contributed by atoms with E-state index in [0.29, 0.717) is 22.3 Å². The number of thioether (sulfide) groups is 1. The van der Waals surface area contributed by atoms with Gasteiger partial charge in [-0.15, -0.1) is 11.3 Å². The summed E-state index contributed by atoms with van der Waals surface area (Å²) in [4.78, 5) is 24.3. The molecule has 0 atom stereocenters. The van der Waals surface area contributed by atoms with Gasteiger partial charge in [-0.1, -0.05) is 25.6 Å². The van der Waals surface area contributed by atoms with Crippen molar-refractivity contribution in [2.45, 2.75) is 37.5 Å². The summed E-state index contributed by atoms with van der Waals surface area (Å²) in [7, 11) is 0. The van der Waals surface area contributed by atoms with E-state index in [-0.39, 0.29) is 11.5 Å². The molecule has 0 aromatic carbocycles. The van der Waals surface area contributed by atoms with Crippen LogP contribution in [-0.4, -0.2) is 26.0 Å². The average Bonchev–Trinajstić information content (AvgIpc) is 2.88. The summed E-state index contributed by atoms with van der Waals surface area (Å²) >= 11 is 2.91. The minimum absolute atomic E-state index is 0.162. The van der Waals surface area contributed by atoms with Gasteiger partial charge in [0.25, 0.3) is 0 Å². The van der Waals surface area contributed by atoms with Crippen molar-refractivity contribution in [3.8, 4) is 0 Å². The second kappa shape index (κ2) is 6.32. The number of aryl methyl sites for hydroxylation is 1. The third-order valence-electron chi connectivity index (χ3n) is 2.64. The van der Waals surface area contributed by atoms with E-state index in [1.807, 2.05) is 19.2 Å². The van der Waals surface area contributed by atoms with Crippen LogP contribution < -0.4 is 0 Å². The van der Waals surface area contributed by atoms with Crippen LogP contribution in [0.4, 0.5) is 0 Å². The molecule has 2 aromatic rings. The fraction of sp³-hybridized carbons (Fsp3) is 0.385. The lowest BCUT2D eigenvalue weighted by atomic mass is 10.2. The summed E-state index contributed by atoms with van der Waals surface area (Å²) in [6, 6.07) is 0. The van der Waals surface area contributed by atoms with Crippen LogP contribution in [0.15, 0.2) is 15.9 Å². The van der Waals surface area contributed by atoms with Crippen molar-refractivity contribution < 1.29 is 9.90 Å². The molecule has 0 fully saturated rings. The zero-order chi connectivity index (χ0) is 14.7. The van der Waals surface area contributed by atoms with Crippen LogP contribution in [0.3, 0.4) is 0 Å². The number of nitrogens with zero attached hydrogens (tertiary/aromatic N) is 3. The molecule has 5 nitrogen and oxygen atoms in total. The number of thiazole rings is 1. The summed E-state index contributed by atoms with van der Waals surface area (Å²) in [5.74, 6) is 0.458. The molecule has 0 amide bonds. The Labute approximate surface area is 125 Å². The van der Waals surface area contributed by atoms with Gasteiger partial charge in [-0.25, -0.2) is 19.7 Å². The lowest BCUT2D eigenvalue weighted by Gasteiger charge is -2.11. The second-order valence-corrected chi connectivity index (χ2v) is 6.26. The second-order valence-electron chi connectivity index (χ2n) is 4.58. The molecule has 1 N–H and O–H groups in total. The van der Waals surface area contributed by atoms with Crippen LogP contribution in [0.5, 0.6) is 0 Å². The van der Waals surface area contributed by atoms with Crippen molar-refractivity contribution in [1.82, 2.24) is 15.0 Å². The maximum absolute atomic E-state index is 11.4. The van der Waals surface area contributed by atoms with E-state index in [2.05, 4.69) is 15.0 Å². The van der Waals surface area contributed by atoms with E-state index in [1.54, 1.807) is 12.4 Å². The van der Waals surface area contributed by atoms with Crippen LogP contribution in [-0.2, 0) is 5.75 Å². The Morgan fingerprint density at radius 2 is 2.20 bits per heavy atom. The average molecular weight is 309 g/mol. The molecule has 0 spiro atoms. The highest BCUT2D eigenvalue weighted by molar-refractivity contribution is 7.98. The van der Waals surface area contributed by atoms with E-state index in [1.165, 1.54) is 23.1 Å². The minimum Gasteiger partial charge on any atom is -0.478 e. The first-order valence-corrected chi connectivity index (χ1v) is 8.03. The van der Waals surface area contributed by atoms with Gasteiger partial charge in [-0.3, -0.25) is 0 Å². The molecule has 20 heavy (non-hydrogen) atoms. The monoisotopic (exact) mass is 309 g/mol. The smallest absolute Gasteiger partial charge is 0.340 e. The molecule has 7 heteroatoms. The Bertz CT molecular complexity index is 612. The molecule has 106 valence electrons. The highest BCUT2D eigenvalue weighted by Gasteiger charge is 2.19. The SMILES string of the molecule is Cc1nc(C(C)C)nc(SCc2cscn2)c1C(=O)O. The quantitative estimate of drug-likeness (QED) is 0.674. The van der Waals surface area contributed by atoms with Gasteiger partial charge in [0, 0.05) is 17.1 Å². The Morgan fingerprint density at radius 1 is 1.45 bits per heavy atom. The summed E-state index contributed by atoms with van der Waals surface area (Å²) < 4.78 is 0. The summed E-state index contributed by atoms with van der Waals surface area (Å²) in [5, 5.41) is 11.8. The van der Waals surface area contributed by atoms with Crippen molar-refractivity contribution in [3.05, 3.63) is 33.7 Å². The maximum atomic E-state index is 11.4. The lowest BCUT2D eigenvalue weighted by Crippen LogP contribution is -2.10. The molecule has 0 unspecified atom stereocenters. The van der Waals surface area contributed by atoms with Crippen LogP contribution in [0.25, 0.3) is 0 Å². The molecule has 0 saturated carbocycles. The molecule has 2 aromatic heterocycles. The van der Waals surface area contributed by atoms with Crippen LogP contribution >= 0.6 is 23.1 Å². The molecule has 0 radical (unpaired) electrons. The predicted octanol–water partition coefficient (Wildman–Crippen LogP) is 3.36. The third kappa shape index (κ3) is 3.34. The van der Waals surface area contributed by atoms with Crippen molar-refractivity contribution >= 4 is 29.1 Å². The fourth-order valence-electron chi connectivity index (χ4n) is 1.63. The molecule has 0 aliphatic heterocycles. The summed E-state index contributed by atoms with van der Waals surface area (Å²) in [6.45, 7) is 5.69. The molecule has 2 heterocycles. The number of carbonyl (C=O) groups is 1. The number of carboxylic acid groups (broad SMARTS) is 1. The van der Waals surface area contributed by atoms with Gasteiger partial charge in [0.2, 0.25) is 0 Å². The zero-order valence-corrected chi connectivity index (χ0v) is 13.1. The molecular weight excluding hydrogens is 294 g/mol. The topological polar surface area (TPSA) is 76.0 Å². The standard InChI is InChI=1S/C13H15N3O2S2/c1-7(2)11-15-8(3)10(13(17)18)12(16-11)20-5-9-4-19-6-14-9/h4,6-7H,5H2,1-3H3,(H,17,18). The molecular formula is C13H15N3O2S2. The minimum atomic E-state index is -0.987. The Hall–Kier alpha value is -1.47. The molecule has 0 aliphatic carbocycles. The Morgan fingerprint density at radius 3 is 2.75 bits per heavy atom. The summed E-state index contributed by atoms with van der Waals surface area (Å²) in [5.41, 5.74) is 3.39. The third-order valence-corrected chi connectivity index (χ3v) is 4.29. The van der Waals surface area contributed by atoms with E-state index >= 15 is 0 Å². The van der Waals surface area contributed by atoms with Gasteiger partial charge in [0.1, 0.15) is 16.4 Å². The van der Waals surface area contributed by atoms with E-state index in [9.17, 15) is 9.90 Å². The maximum Gasteiger partial charge on any atom is 0.340 e. The van der Waals surface area contributed by atoms with Gasteiger partial charge in [-0.05, 0) is 6.92 Å². The van der Waals surface area contributed by atoms with Crippen LogP contribution in [0, 0.1) is 6.92 Å². The fourth-order valence-corrected chi connectivity index (χ4v) is 3.27. The first-order valence-electron chi connectivity index (χ1n) is 6.10. The number of carboxylic acids is 1. The summed E-state index contributed by atoms with van der Waals surface area (Å²) in [6.07, 6.45) is 0. The van der Waals surface area contributed by atoms with Gasteiger partial charge >= 0.3 is 5.97 Å². The van der Waals surface area contributed by atoms with Gasteiger partial charge in [0.15, 0.2) is 0 Å². The molecule has 0 bridgehead atoms. The zero-order valence-electron chi connectivity index (χ0n) is 11.5. The number of rotatable bonds is 5. The predicted molar refractivity (Wildman–Crippen MR) is 79.5 cm³/mol. The Balaban J connectivity index is 2.34. The van der Waals surface area contributed by atoms with Gasteiger partial charge in [-0.2, -0.15) is 0 Å². The van der Waals surface area contributed by atoms with Gasteiger partial charge in [0.05, 0.1) is 16.9 Å². The number of aromatic carboxylic acids is 1. The highest BCUT2D eigenvalue weighted by atomic mass is 32.2. The van der Waals surface area contributed by atoms with Crippen LogP contribution in [0.1, 0.15) is 47.3 Å². The van der Waals surface area contributed by atoms with E-state index in [4.69, 9.17) is 0 Å². The van der Waals surface area contributed by atoms with Crippen molar-refractivity contribution in [2.24, 2.45) is 0 Å². The number of hydrogen-bond donors (Lipinski definition) is 1. The number of aromatic nitrogens is 3. The molecule has 2 rings (SSSR count). The number of hydrogen-bond acceptors (Lipinski definition) is 6. The normalized spacial score (nSPS) is 11.0. The van der Waals surface area contributed by atoms with Crippen molar-refractivity contribution in [3.63, 3.8) is 0 Å². The van der Waals surface area contributed by atoms with Crippen molar-refractivity contribution in [1.29, 1.82) is 0 Å². The lowest BCUT2D eigenvalue weighted by molar-refractivity contribution is 0.0690. The molecule has 0 saturated heterocycles. The first-order chi connectivity index (χ1) is 9.49.